The molecule has 25 heavy (non-hydrogen) atoms. The summed E-state index contributed by atoms with van der Waals surface area (Å²) in [6.45, 7) is 4.74. The van der Waals surface area contributed by atoms with Gasteiger partial charge < -0.3 is 5.32 Å². The number of nitrogens with zero attached hydrogens (tertiary/aromatic N) is 2. The molecule has 0 unspecified atom stereocenters. The smallest absolute Gasteiger partial charge is 0.240 e. The van der Waals surface area contributed by atoms with E-state index in [1.54, 1.807) is 24.3 Å². The summed E-state index contributed by atoms with van der Waals surface area (Å²) in [5.74, 6) is 0.579. The van der Waals surface area contributed by atoms with Crippen LogP contribution in [0.15, 0.2) is 29.2 Å². The minimum atomic E-state index is -3.47. The van der Waals surface area contributed by atoms with E-state index in [9.17, 15) is 13.2 Å². The topological polar surface area (TPSA) is 93.1 Å². The van der Waals surface area contributed by atoms with E-state index in [1.165, 1.54) is 7.05 Å². The van der Waals surface area contributed by atoms with Crippen LogP contribution in [0.5, 0.6) is 0 Å². The molecule has 2 heterocycles. The molecule has 0 saturated heterocycles. The zero-order chi connectivity index (χ0) is 18.2. The zero-order valence-electron chi connectivity index (χ0n) is 14.5. The predicted octanol–water partition coefficient (Wildman–Crippen LogP) is 1.98. The Morgan fingerprint density at radius 2 is 2.00 bits per heavy atom. The van der Waals surface area contributed by atoms with Crippen molar-refractivity contribution in [2.75, 3.05) is 12.4 Å². The molecule has 1 aliphatic heterocycles. The van der Waals surface area contributed by atoms with Gasteiger partial charge in [0.2, 0.25) is 15.9 Å². The third-order valence-corrected chi connectivity index (χ3v) is 5.90. The molecule has 1 amide bonds. The van der Waals surface area contributed by atoms with Crippen LogP contribution in [0.4, 0.5) is 5.82 Å². The maximum Gasteiger partial charge on any atom is 0.240 e. The number of sulfonamides is 1. The van der Waals surface area contributed by atoms with Crippen molar-refractivity contribution < 1.29 is 13.2 Å². The van der Waals surface area contributed by atoms with E-state index in [2.05, 4.69) is 22.1 Å². The van der Waals surface area contributed by atoms with Crippen molar-refractivity contribution >= 4 is 21.7 Å². The van der Waals surface area contributed by atoms with Crippen LogP contribution in [-0.2, 0) is 21.4 Å². The molecule has 8 heteroatoms. The van der Waals surface area contributed by atoms with Gasteiger partial charge in [-0.3, -0.25) is 4.79 Å². The minimum absolute atomic E-state index is 0.0540. The number of aryl methyl sites for hydroxylation is 2. The van der Waals surface area contributed by atoms with Crippen LogP contribution < -0.4 is 10.0 Å². The van der Waals surface area contributed by atoms with Gasteiger partial charge in [0.25, 0.3) is 0 Å². The van der Waals surface area contributed by atoms with Crippen LogP contribution in [0.1, 0.15) is 42.5 Å². The van der Waals surface area contributed by atoms with Gasteiger partial charge in [0.05, 0.1) is 10.6 Å². The van der Waals surface area contributed by atoms with Crippen LogP contribution >= 0.6 is 0 Å². The summed E-state index contributed by atoms with van der Waals surface area (Å²) in [6.07, 6.45) is 1.24. The fraction of sp³-hybridized carbons (Fsp3) is 0.412. The summed E-state index contributed by atoms with van der Waals surface area (Å²) in [5, 5.41) is 7.49. The second-order valence-electron chi connectivity index (χ2n) is 6.15. The molecular formula is C17H22N4O3S. The maximum absolute atomic E-state index is 12.2. The van der Waals surface area contributed by atoms with Crippen LogP contribution in [0.2, 0.25) is 0 Å². The van der Waals surface area contributed by atoms with Gasteiger partial charge >= 0.3 is 0 Å². The standard InChI is InChI=1S/C17H22N4O3S/c1-4-9-21-17-16(11(2)20-21)14(10-15(22)19-17)12-5-7-13(8-6-12)25(23,24)18-3/h5-8,14,18H,4,9-10H2,1-3H3,(H,19,22)/t14-/m0/s1. The fourth-order valence-electron chi connectivity index (χ4n) is 3.27. The summed E-state index contributed by atoms with van der Waals surface area (Å²) in [4.78, 5) is 12.4. The van der Waals surface area contributed by atoms with Gasteiger partial charge in [0.1, 0.15) is 5.82 Å². The van der Waals surface area contributed by atoms with Gasteiger partial charge in [-0.25, -0.2) is 17.8 Å². The minimum Gasteiger partial charge on any atom is -0.311 e. The molecule has 2 aromatic rings. The molecule has 2 N–H and O–H groups in total. The lowest BCUT2D eigenvalue weighted by Crippen LogP contribution is -2.25. The monoisotopic (exact) mass is 362 g/mol. The predicted molar refractivity (Wildman–Crippen MR) is 95.0 cm³/mol. The van der Waals surface area contributed by atoms with E-state index >= 15 is 0 Å². The number of fused-ring (bicyclic) bond motifs is 1. The fourth-order valence-corrected chi connectivity index (χ4v) is 4.00. The van der Waals surface area contributed by atoms with Gasteiger partial charge in [-0.1, -0.05) is 19.1 Å². The second kappa shape index (κ2) is 6.61. The molecule has 7 nitrogen and oxygen atoms in total. The molecule has 1 aromatic heterocycles. The lowest BCUT2D eigenvalue weighted by molar-refractivity contribution is -0.116. The largest absolute Gasteiger partial charge is 0.311 e. The normalized spacial score (nSPS) is 17.2. The van der Waals surface area contributed by atoms with E-state index in [0.717, 1.165) is 35.6 Å². The average molecular weight is 362 g/mol. The van der Waals surface area contributed by atoms with Gasteiger partial charge in [-0.15, -0.1) is 0 Å². The Morgan fingerprint density at radius 1 is 1.32 bits per heavy atom. The number of hydrogen-bond acceptors (Lipinski definition) is 4. The summed E-state index contributed by atoms with van der Waals surface area (Å²) >= 11 is 0. The molecular weight excluding hydrogens is 340 g/mol. The highest BCUT2D eigenvalue weighted by Gasteiger charge is 2.32. The first-order valence-electron chi connectivity index (χ1n) is 8.28. The number of amides is 1. The Balaban J connectivity index is 2.03. The van der Waals surface area contributed by atoms with E-state index < -0.39 is 10.0 Å². The van der Waals surface area contributed by atoms with Crippen LogP contribution in [0, 0.1) is 6.92 Å². The van der Waals surface area contributed by atoms with E-state index in [0.29, 0.717) is 6.42 Å². The first-order valence-corrected chi connectivity index (χ1v) is 9.76. The molecule has 1 aliphatic rings. The van der Waals surface area contributed by atoms with Crippen molar-refractivity contribution in [3.05, 3.63) is 41.1 Å². The number of aromatic nitrogens is 2. The average Bonchev–Trinajstić information content (AvgIpc) is 2.90. The van der Waals surface area contributed by atoms with Gasteiger partial charge in [0, 0.05) is 24.4 Å². The Kier molecular flexibility index (Phi) is 4.66. The highest BCUT2D eigenvalue weighted by Crippen LogP contribution is 2.39. The Bertz CT molecular complexity index is 901. The van der Waals surface area contributed by atoms with Gasteiger partial charge in [-0.05, 0) is 38.1 Å². The Hall–Kier alpha value is -2.19. The molecule has 0 radical (unpaired) electrons. The zero-order valence-corrected chi connectivity index (χ0v) is 15.4. The van der Waals surface area contributed by atoms with Crippen LogP contribution in [0.3, 0.4) is 0 Å². The van der Waals surface area contributed by atoms with E-state index in [-0.39, 0.29) is 16.7 Å². The molecule has 3 rings (SSSR count). The highest BCUT2D eigenvalue weighted by atomic mass is 32.2. The van der Waals surface area contributed by atoms with Crippen molar-refractivity contribution in [1.29, 1.82) is 0 Å². The number of carbonyl (C=O) groups excluding carboxylic acids is 1. The van der Waals surface area contributed by atoms with Crippen LogP contribution in [0.25, 0.3) is 0 Å². The van der Waals surface area contributed by atoms with Crippen molar-refractivity contribution in [2.24, 2.45) is 0 Å². The third-order valence-electron chi connectivity index (χ3n) is 4.47. The Labute approximate surface area is 147 Å². The number of nitrogens with one attached hydrogen (secondary N) is 2. The highest BCUT2D eigenvalue weighted by molar-refractivity contribution is 7.89. The number of carbonyl (C=O) groups is 1. The first-order chi connectivity index (χ1) is 11.9. The van der Waals surface area contributed by atoms with Crippen molar-refractivity contribution in [3.8, 4) is 0 Å². The molecule has 1 aromatic carbocycles. The van der Waals surface area contributed by atoms with E-state index in [4.69, 9.17) is 0 Å². The van der Waals surface area contributed by atoms with Gasteiger partial charge in [0.15, 0.2) is 0 Å². The molecule has 0 spiro atoms. The van der Waals surface area contributed by atoms with Gasteiger partial charge in [-0.2, -0.15) is 5.10 Å². The SMILES string of the molecule is CCCn1nc(C)c2c1NC(=O)C[C@H]2c1ccc(S(=O)(=O)NC)cc1. The molecule has 0 bridgehead atoms. The second-order valence-corrected chi connectivity index (χ2v) is 8.04. The lowest BCUT2D eigenvalue weighted by Gasteiger charge is -2.24. The van der Waals surface area contributed by atoms with E-state index in [1.807, 2.05) is 11.6 Å². The summed E-state index contributed by atoms with van der Waals surface area (Å²) in [6, 6.07) is 6.68. The molecule has 0 saturated carbocycles. The number of anilines is 1. The Morgan fingerprint density at radius 3 is 2.60 bits per heavy atom. The number of rotatable bonds is 5. The quantitative estimate of drug-likeness (QED) is 0.851. The molecule has 0 fully saturated rings. The molecule has 0 aliphatic carbocycles. The first kappa shape index (κ1) is 17.6. The number of benzene rings is 1. The van der Waals surface area contributed by atoms with Crippen molar-refractivity contribution in [1.82, 2.24) is 14.5 Å². The summed E-state index contributed by atoms with van der Waals surface area (Å²) in [7, 11) is -2.09. The lowest BCUT2D eigenvalue weighted by atomic mass is 9.86. The number of hydrogen-bond donors (Lipinski definition) is 2. The molecule has 134 valence electrons. The van der Waals surface area contributed by atoms with Crippen molar-refractivity contribution in [3.63, 3.8) is 0 Å². The third kappa shape index (κ3) is 3.19. The summed E-state index contributed by atoms with van der Waals surface area (Å²) in [5.41, 5.74) is 2.81. The summed E-state index contributed by atoms with van der Waals surface area (Å²) < 4.78 is 27.9. The van der Waals surface area contributed by atoms with Crippen LogP contribution in [-0.4, -0.2) is 31.2 Å². The maximum atomic E-state index is 12.2. The molecule has 1 atom stereocenters. The van der Waals surface area contributed by atoms with Crippen molar-refractivity contribution in [2.45, 2.75) is 44.0 Å².